The average Bonchev–Trinajstić information content (AvgIpc) is 2.99. The molecule has 1 heterocycles. The molecule has 1 aromatic carbocycles. The van der Waals surface area contributed by atoms with E-state index in [4.69, 9.17) is 9.15 Å². The van der Waals surface area contributed by atoms with Crippen LogP contribution in [0.3, 0.4) is 0 Å². The third-order valence-electron chi connectivity index (χ3n) is 3.62. The van der Waals surface area contributed by atoms with Crippen molar-refractivity contribution in [2.45, 2.75) is 39.3 Å². The van der Waals surface area contributed by atoms with Crippen molar-refractivity contribution in [1.29, 1.82) is 0 Å². The van der Waals surface area contributed by atoms with Crippen molar-refractivity contribution in [3.05, 3.63) is 40.9 Å². The summed E-state index contributed by atoms with van der Waals surface area (Å²) in [4.78, 5) is 35.2. The van der Waals surface area contributed by atoms with Crippen molar-refractivity contribution in [2.75, 3.05) is 6.61 Å². The van der Waals surface area contributed by atoms with Crippen molar-refractivity contribution in [3.63, 3.8) is 0 Å². The first-order valence-electron chi connectivity index (χ1n) is 8.11. The number of nitrogens with one attached hydrogen (secondary N) is 1. The highest BCUT2D eigenvalue weighted by Crippen LogP contribution is 2.13. The van der Waals surface area contributed by atoms with Crippen molar-refractivity contribution in [1.82, 2.24) is 15.1 Å². The zero-order chi connectivity index (χ0) is 18.2. The van der Waals surface area contributed by atoms with Gasteiger partial charge in [-0.2, -0.15) is 4.68 Å². The van der Waals surface area contributed by atoms with E-state index in [1.807, 2.05) is 19.9 Å². The van der Waals surface area contributed by atoms with Gasteiger partial charge in [-0.3, -0.25) is 9.59 Å². The van der Waals surface area contributed by atoms with Crippen LogP contribution in [0, 0.1) is 0 Å². The highest BCUT2D eigenvalue weighted by atomic mass is 16.5. The molecule has 0 aliphatic heterocycles. The van der Waals surface area contributed by atoms with Crippen LogP contribution in [-0.4, -0.2) is 34.3 Å². The Kier molecular flexibility index (Phi) is 6.50. The predicted molar refractivity (Wildman–Crippen MR) is 89.7 cm³/mol. The molecule has 0 unspecified atom stereocenters. The summed E-state index contributed by atoms with van der Waals surface area (Å²) in [6.45, 7) is 3.10. The van der Waals surface area contributed by atoms with Crippen molar-refractivity contribution >= 4 is 11.9 Å². The molecule has 1 amide bonds. The zero-order valence-corrected chi connectivity index (χ0v) is 14.2. The molecule has 1 N–H and O–H groups in total. The normalized spacial score (nSPS) is 10.7. The Morgan fingerprint density at radius 2 is 1.92 bits per heavy atom. The molecule has 0 spiro atoms. The van der Waals surface area contributed by atoms with Crippen LogP contribution in [0.1, 0.15) is 26.7 Å². The summed E-state index contributed by atoms with van der Waals surface area (Å²) in [5.41, 5.74) is 0.622. The lowest BCUT2D eigenvalue weighted by Gasteiger charge is -2.14. The second-order valence-electron chi connectivity index (χ2n) is 5.44. The van der Waals surface area contributed by atoms with Crippen LogP contribution < -0.4 is 11.1 Å². The summed E-state index contributed by atoms with van der Waals surface area (Å²) in [6.07, 6.45) is 1.60. The molecule has 1 aromatic heterocycles. The monoisotopic (exact) mass is 347 g/mol. The number of carbonyl (C=O) groups is 2. The van der Waals surface area contributed by atoms with Gasteiger partial charge < -0.3 is 14.5 Å². The van der Waals surface area contributed by atoms with Gasteiger partial charge in [0.2, 0.25) is 5.89 Å². The molecule has 8 nitrogen and oxygen atoms in total. The molecule has 0 saturated heterocycles. The lowest BCUT2D eigenvalue weighted by Crippen LogP contribution is -2.37. The van der Waals surface area contributed by atoms with E-state index in [2.05, 4.69) is 10.4 Å². The molecule has 25 heavy (non-hydrogen) atoms. The van der Waals surface area contributed by atoms with Gasteiger partial charge in [-0.25, -0.2) is 4.79 Å². The number of benzene rings is 1. The number of hydrogen-bond acceptors (Lipinski definition) is 6. The van der Waals surface area contributed by atoms with E-state index in [-0.39, 0.29) is 17.8 Å². The first-order valence-corrected chi connectivity index (χ1v) is 8.11. The fourth-order valence-corrected chi connectivity index (χ4v) is 2.18. The summed E-state index contributed by atoms with van der Waals surface area (Å²) in [6, 6.07) is 8.90. The van der Waals surface area contributed by atoms with Gasteiger partial charge in [-0.1, -0.05) is 32.0 Å². The lowest BCUT2D eigenvalue weighted by atomic mass is 10.2. The number of hydrogen-bond donors (Lipinski definition) is 1. The van der Waals surface area contributed by atoms with Gasteiger partial charge in [-0.05, 0) is 25.0 Å². The van der Waals surface area contributed by atoms with Gasteiger partial charge in [0.1, 0.15) is 6.54 Å². The number of carbonyl (C=O) groups excluding carboxylic acids is 2. The first kappa shape index (κ1) is 18.4. The van der Waals surface area contributed by atoms with Crippen LogP contribution >= 0.6 is 0 Å². The van der Waals surface area contributed by atoms with Crippen LogP contribution in [-0.2, 0) is 20.9 Å². The number of ether oxygens (including phenoxy) is 1. The molecule has 0 bridgehead atoms. The van der Waals surface area contributed by atoms with Crippen molar-refractivity contribution in [2.24, 2.45) is 0 Å². The Hall–Kier alpha value is -2.90. The van der Waals surface area contributed by atoms with E-state index in [1.54, 1.807) is 24.3 Å². The quantitative estimate of drug-likeness (QED) is 0.723. The van der Waals surface area contributed by atoms with E-state index in [0.717, 1.165) is 17.5 Å². The standard InChI is InChI=1S/C17H21N3O5/c1-3-13(4-2)18-14(21)11-24-15(22)10-20-17(23)25-16(19-20)12-8-6-5-7-9-12/h5-9,13H,3-4,10-11H2,1-2H3,(H,18,21). The maximum absolute atomic E-state index is 11.8. The SMILES string of the molecule is CCC(CC)NC(=O)COC(=O)Cn1nc(-c2ccccc2)oc1=O. The smallest absolute Gasteiger partial charge is 0.437 e. The third kappa shape index (κ3) is 5.30. The second kappa shape index (κ2) is 8.81. The van der Waals surface area contributed by atoms with E-state index < -0.39 is 24.9 Å². The van der Waals surface area contributed by atoms with E-state index >= 15 is 0 Å². The van der Waals surface area contributed by atoms with Gasteiger partial charge in [0.25, 0.3) is 5.91 Å². The number of esters is 1. The predicted octanol–water partition coefficient (Wildman–Crippen LogP) is 1.35. The van der Waals surface area contributed by atoms with Gasteiger partial charge in [0, 0.05) is 11.6 Å². The maximum atomic E-state index is 11.8. The van der Waals surface area contributed by atoms with Crippen LogP contribution in [0.25, 0.3) is 11.5 Å². The molecule has 0 radical (unpaired) electrons. The summed E-state index contributed by atoms with van der Waals surface area (Å²) >= 11 is 0. The van der Waals surface area contributed by atoms with E-state index in [9.17, 15) is 14.4 Å². The molecular weight excluding hydrogens is 326 g/mol. The number of rotatable bonds is 8. The van der Waals surface area contributed by atoms with Gasteiger partial charge in [0.15, 0.2) is 6.61 Å². The molecular formula is C17H21N3O5. The highest BCUT2D eigenvalue weighted by Gasteiger charge is 2.15. The summed E-state index contributed by atoms with van der Waals surface area (Å²) < 4.78 is 10.8. The van der Waals surface area contributed by atoms with Gasteiger partial charge in [0.05, 0.1) is 0 Å². The molecule has 2 aromatic rings. The third-order valence-corrected chi connectivity index (χ3v) is 3.62. The van der Waals surface area contributed by atoms with Crippen molar-refractivity contribution in [3.8, 4) is 11.5 Å². The van der Waals surface area contributed by atoms with E-state index in [0.29, 0.717) is 5.56 Å². The fraction of sp³-hybridized carbons (Fsp3) is 0.412. The van der Waals surface area contributed by atoms with Crippen molar-refractivity contribution < 1.29 is 18.7 Å². The minimum Gasteiger partial charge on any atom is -0.454 e. The Morgan fingerprint density at radius 3 is 2.56 bits per heavy atom. The molecule has 2 rings (SSSR count). The number of nitrogens with zero attached hydrogens (tertiary/aromatic N) is 2. The molecule has 0 aliphatic rings. The first-order chi connectivity index (χ1) is 12.0. The number of aromatic nitrogens is 2. The van der Waals surface area contributed by atoms with Crippen LogP contribution in [0.5, 0.6) is 0 Å². The zero-order valence-electron chi connectivity index (χ0n) is 14.2. The molecule has 0 aliphatic carbocycles. The largest absolute Gasteiger partial charge is 0.454 e. The molecule has 0 saturated carbocycles. The van der Waals surface area contributed by atoms with E-state index in [1.165, 1.54) is 0 Å². The maximum Gasteiger partial charge on any atom is 0.437 e. The lowest BCUT2D eigenvalue weighted by molar-refractivity contribution is -0.149. The molecule has 134 valence electrons. The van der Waals surface area contributed by atoms with Crippen LogP contribution in [0.15, 0.2) is 39.5 Å². The summed E-state index contributed by atoms with van der Waals surface area (Å²) in [5.74, 6) is -1.77. The summed E-state index contributed by atoms with van der Waals surface area (Å²) in [7, 11) is 0. The topological polar surface area (TPSA) is 103 Å². The summed E-state index contributed by atoms with van der Waals surface area (Å²) in [5, 5.41) is 6.71. The minimum atomic E-state index is -0.766. The Bertz CT molecular complexity index is 762. The average molecular weight is 347 g/mol. The van der Waals surface area contributed by atoms with Crippen LogP contribution in [0.2, 0.25) is 0 Å². The van der Waals surface area contributed by atoms with Gasteiger partial charge in [-0.15, -0.1) is 5.10 Å². The highest BCUT2D eigenvalue weighted by molar-refractivity contribution is 5.80. The Balaban J connectivity index is 1.90. The fourth-order valence-electron chi connectivity index (χ4n) is 2.18. The molecule has 0 fully saturated rings. The Labute approximate surface area is 144 Å². The number of amides is 1. The molecule has 0 atom stereocenters. The van der Waals surface area contributed by atoms with Crippen LogP contribution in [0.4, 0.5) is 0 Å². The second-order valence-corrected chi connectivity index (χ2v) is 5.44. The Morgan fingerprint density at radius 1 is 1.24 bits per heavy atom. The minimum absolute atomic E-state index is 0.0535. The van der Waals surface area contributed by atoms with Gasteiger partial charge >= 0.3 is 11.7 Å². The molecule has 8 heteroatoms.